The molecule has 5 nitrogen and oxygen atoms in total. The number of carboxylic acids is 1. The Morgan fingerprint density at radius 1 is 1.46 bits per heavy atom. The maximum atomic E-state index is 10.5. The minimum Gasteiger partial charge on any atom is -0.479 e. The second-order valence-electron chi connectivity index (χ2n) is 3.65. The van der Waals surface area contributed by atoms with Crippen molar-refractivity contribution in [3.8, 4) is 0 Å². The molecule has 1 rings (SSSR count). The van der Waals surface area contributed by atoms with E-state index in [4.69, 9.17) is 5.11 Å². The fourth-order valence-corrected chi connectivity index (χ4v) is 1.51. The lowest BCUT2D eigenvalue weighted by molar-refractivity contribution is -0.168. The zero-order valence-electron chi connectivity index (χ0n) is 7.60. The standard InChI is InChI=1S/C8H15NO4/c1-9-4-2-8(13,3-5-9)6(10)7(11)12/h6,10,13H,2-5H2,1H3,(H,11,12). The summed E-state index contributed by atoms with van der Waals surface area (Å²) in [7, 11) is 1.90. The van der Waals surface area contributed by atoms with Gasteiger partial charge >= 0.3 is 5.97 Å². The molecule has 1 fully saturated rings. The van der Waals surface area contributed by atoms with E-state index in [-0.39, 0.29) is 0 Å². The van der Waals surface area contributed by atoms with Crippen LogP contribution in [0.4, 0.5) is 0 Å². The summed E-state index contributed by atoms with van der Waals surface area (Å²) in [5.74, 6) is -1.35. The summed E-state index contributed by atoms with van der Waals surface area (Å²) in [4.78, 5) is 12.5. The third-order valence-electron chi connectivity index (χ3n) is 2.60. The third-order valence-corrected chi connectivity index (χ3v) is 2.60. The first kappa shape index (κ1) is 10.4. The molecule has 0 amide bonds. The molecule has 0 aliphatic carbocycles. The van der Waals surface area contributed by atoms with Crippen LogP contribution in [0, 0.1) is 0 Å². The fourth-order valence-electron chi connectivity index (χ4n) is 1.51. The minimum absolute atomic E-state index is 0.303. The summed E-state index contributed by atoms with van der Waals surface area (Å²) in [6.07, 6.45) is -1.06. The molecule has 0 aromatic heterocycles. The molecule has 1 aliphatic heterocycles. The van der Waals surface area contributed by atoms with Crippen molar-refractivity contribution < 1.29 is 20.1 Å². The number of rotatable bonds is 2. The SMILES string of the molecule is CN1CCC(O)(C(O)C(=O)O)CC1. The van der Waals surface area contributed by atoms with E-state index < -0.39 is 17.7 Å². The van der Waals surface area contributed by atoms with Gasteiger partial charge in [0, 0.05) is 13.1 Å². The van der Waals surface area contributed by atoms with Crippen LogP contribution in [0.2, 0.25) is 0 Å². The Morgan fingerprint density at radius 3 is 2.31 bits per heavy atom. The van der Waals surface area contributed by atoms with Crippen molar-refractivity contribution in [3.05, 3.63) is 0 Å². The highest BCUT2D eigenvalue weighted by molar-refractivity contribution is 5.73. The van der Waals surface area contributed by atoms with Gasteiger partial charge in [0.25, 0.3) is 0 Å². The van der Waals surface area contributed by atoms with Crippen molar-refractivity contribution in [1.29, 1.82) is 0 Å². The Balaban J connectivity index is 2.61. The van der Waals surface area contributed by atoms with Crippen molar-refractivity contribution in [1.82, 2.24) is 4.90 Å². The quantitative estimate of drug-likeness (QED) is 0.513. The number of carboxylic acid groups (broad SMARTS) is 1. The Kier molecular flexibility index (Phi) is 2.90. The van der Waals surface area contributed by atoms with Gasteiger partial charge in [0.15, 0.2) is 6.10 Å². The molecule has 0 aromatic carbocycles. The first-order valence-electron chi connectivity index (χ1n) is 4.27. The van der Waals surface area contributed by atoms with Crippen LogP contribution in [-0.2, 0) is 4.79 Å². The van der Waals surface area contributed by atoms with Gasteiger partial charge in [0.2, 0.25) is 0 Å². The van der Waals surface area contributed by atoms with Crippen molar-refractivity contribution >= 4 is 5.97 Å². The summed E-state index contributed by atoms with van der Waals surface area (Å²) in [6.45, 7) is 1.22. The molecule has 1 saturated heterocycles. The molecule has 0 aromatic rings. The van der Waals surface area contributed by atoms with E-state index in [2.05, 4.69) is 0 Å². The summed E-state index contributed by atoms with van der Waals surface area (Å²) >= 11 is 0. The molecule has 1 atom stereocenters. The largest absolute Gasteiger partial charge is 0.479 e. The van der Waals surface area contributed by atoms with Crippen molar-refractivity contribution in [2.24, 2.45) is 0 Å². The zero-order valence-corrected chi connectivity index (χ0v) is 7.60. The summed E-state index contributed by atoms with van der Waals surface area (Å²) in [6, 6.07) is 0. The monoisotopic (exact) mass is 189 g/mol. The van der Waals surface area contributed by atoms with E-state index in [0.29, 0.717) is 25.9 Å². The molecule has 0 radical (unpaired) electrons. The summed E-state index contributed by atoms with van der Waals surface area (Å²) < 4.78 is 0. The van der Waals surface area contributed by atoms with Crippen LogP contribution in [-0.4, -0.2) is 58.0 Å². The molecule has 3 N–H and O–H groups in total. The van der Waals surface area contributed by atoms with E-state index in [9.17, 15) is 15.0 Å². The maximum Gasteiger partial charge on any atom is 0.335 e. The average molecular weight is 189 g/mol. The predicted octanol–water partition coefficient (Wildman–Crippen LogP) is -1.11. The van der Waals surface area contributed by atoms with Crippen LogP contribution in [0.5, 0.6) is 0 Å². The molecule has 0 bridgehead atoms. The second kappa shape index (κ2) is 3.61. The van der Waals surface area contributed by atoms with Crippen LogP contribution >= 0.6 is 0 Å². The Hall–Kier alpha value is -0.650. The number of piperidine rings is 1. The van der Waals surface area contributed by atoms with Gasteiger partial charge in [-0.25, -0.2) is 4.79 Å². The van der Waals surface area contributed by atoms with Gasteiger partial charge in [-0.3, -0.25) is 0 Å². The van der Waals surface area contributed by atoms with E-state index in [1.54, 1.807) is 0 Å². The molecule has 1 heterocycles. The fraction of sp³-hybridized carbons (Fsp3) is 0.875. The van der Waals surface area contributed by atoms with Crippen LogP contribution in [0.25, 0.3) is 0 Å². The molecule has 0 spiro atoms. The number of nitrogens with zero attached hydrogens (tertiary/aromatic N) is 1. The highest BCUT2D eigenvalue weighted by Gasteiger charge is 2.42. The smallest absolute Gasteiger partial charge is 0.335 e. The van der Waals surface area contributed by atoms with Crippen LogP contribution in [0.1, 0.15) is 12.8 Å². The van der Waals surface area contributed by atoms with Crippen molar-refractivity contribution in [2.75, 3.05) is 20.1 Å². The number of aliphatic hydroxyl groups is 2. The maximum absolute atomic E-state index is 10.5. The van der Waals surface area contributed by atoms with E-state index in [0.717, 1.165) is 0 Å². The number of aliphatic hydroxyl groups excluding tert-OH is 1. The molecule has 5 heteroatoms. The van der Waals surface area contributed by atoms with Gasteiger partial charge in [-0.05, 0) is 19.9 Å². The number of likely N-dealkylation sites (tertiary alicyclic amines) is 1. The summed E-state index contributed by atoms with van der Waals surface area (Å²) in [5, 5.41) is 27.5. The van der Waals surface area contributed by atoms with E-state index >= 15 is 0 Å². The average Bonchev–Trinajstić information content (AvgIpc) is 2.09. The lowest BCUT2D eigenvalue weighted by Crippen LogP contribution is -2.53. The number of aliphatic carboxylic acids is 1. The van der Waals surface area contributed by atoms with Crippen LogP contribution in [0.15, 0.2) is 0 Å². The van der Waals surface area contributed by atoms with Gasteiger partial charge in [-0.2, -0.15) is 0 Å². The molecule has 76 valence electrons. The van der Waals surface area contributed by atoms with Crippen LogP contribution < -0.4 is 0 Å². The minimum atomic E-state index is -1.67. The normalized spacial score (nSPS) is 25.5. The molecule has 1 aliphatic rings. The predicted molar refractivity (Wildman–Crippen MR) is 45.3 cm³/mol. The molecule has 13 heavy (non-hydrogen) atoms. The third kappa shape index (κ3) is 2.18. The molecular weight excluding hydrogens is 174 g/mol. The topological polar surface area (TPSA) is 81.0 Å². The number of carbonyl (C=O) groups is 1. The molecular formula is C8H15NO4. The first-order valence-corrected chi connectivity index (χ1v) is 4.27. The lowest BCUT2D eigenvalue weighted by Gasteiger charge is -2.37. The molecule has 1 unspecified atom stereocenters. The Morgan fingerprint density at radius 2 is 1.92 bits per heavy atom. The van der Waals surface area contributed by atoms with Gasteiger partial charge in [-0.1, -0.05) is 0 Å². The summed E-state index contributed by atoms with van der Waals surface area (Å²) in [5.41, 5.74) is -1.45. The van der Waals surface area contributed by atoms with Gasteiger partial charge in [0.05, 0.1) is 0 Å². The highest BCUT2D eigenvalue weighted by Crippen LogP contribution is 2.25. The van der Waals surface area contributed by atoms with Crippen molar-refractivity contribution in [3.63, 3.8) is 0 Å². The number of hydrogen-bond acceptors (Lipinski definition) is 4. The van der Waals surface area contributed by atoms with Gasteiger partial charge < -0.3 is 20.2 Å². The molecule has 0 saturated carbocycles. The lowest BCUT2D eigenvalue weighted by atomic mass is 9.86. The van der Waals surface area contributed by atoms with Crippen LogP contribution in [0.3, 0.4) is 0 Å². The highest BCUT2D eigenvalue weighted by atomic mass is 16.4. The second-order valence-corrected chi connectivity index (χ2v) is 3.65. The number of hydrogen-bond donors (Lipinski definition) is 3. The van der Waals surface area contributed by atoms with Gasteiger partial charge in [0.1, 0.15) is 5.60 Å². The Bertz CT molecular complexity index is 198. The van der Waals surface area contributed by atoms with E-state index in [1.165, 1.54) is 0 Å². The van der Waals surface area contributed by atoms with E-state index in [1.807, 2.05) is 11.9 Å². The van der Waals surface area contributed by atoms with Crippen molar-refractivity contribution in [2.45, 2.75) is 24.5 Å². The zero-order chi connectivity index (χ0) is 10.1. The first-order chi connectivity index (χ1) is 5.96. The van der Waals surface area contributed by atoms with Gasteiger partial charge in [-0.15, -0.1) is 0 Å². The Labute approximate surface area is 76.6 Å².